The van der Waals surface area contributed by atoms with Crippen molar-refractivity contribution >= 4 is 5.69 Å². The van der Waals surface area contributed by atoms with Crippen LogP contribution in [0.1, 0.15) is 24.0 Å². The van der Waals surface area contributed by atoms with Crippen LogP contribution in [-0.4, -0.2) is 25.8 Å². The molecule has 124 valence electrons. The van der Waals surface area contributed by atoms with E-state index in [1.165, 1.54) is 6.07 Å². The Bertz CT molecular complexity index is 728. The lowest BCUT2D eigenvalue weighted by Gasteiger charge is -2.42. The van der Waals surface area contributed by atoms with Crippen LogP contribution >= 0.6 is 0 Å². The highest BCUT2D eigenvalue weighted by molar-refractivity contribution is 5.50. The monoisotopic (exact) mass is 324 g/mol. The molecule has 3 rings (SSSR count). The molecule has 0 aromatic heterocycles. The Labute approximate surface area is 142 Å². The molecule has 0 spiro atoms. The zero-order valence-corrected chi connectivity index (χ0v) is 13.8. The van der Waals surface area contributed by atoms with Crippen LogP contribution in [0.15, 0.2) is 48.5 Å². The molecule has 2 aromatic carbocycles. The average molecular weight is 324 g/mol. The van der Waals surface area contributed by atoms with E-state index in [0.717, 1.165) is 31.6 Å². The highest BCUT2D eigenvalue weighted by atomic mass is 19.1. The first kappa shape index (κ1) is 16.5. The number of nitriles is 1. The predicted molar refractivity (Wildman–Crippen MR) is 92.4 cm³/mol. The number of rotatable bonds is 4. The Balaban J connectivity index is 1.69. The van der Waals surface area contributed by atoms with Gasteiger partial charge in [-0.15, -0.1) is 0 Å². The lowest BCUT2D eigenvalue weighted by molar-refractivity contribution is -0.0295. The second-order valence-corrected chi connectivity index (χ2v) is 6.30. The zero-order chi connectivity index (χ0) is 17.0. The third kappa shape index (κ3) is 3.42. The van der Waals surface area contributed by atoms with E-state index >= 15 is 0 Å². The number of ether oxygens (including phenoxy) is 1. The van der Waals surface area contributed by atoms with E-state index < -0.39 is 0 Å². The molecule has 0 N–H and O–H groups in total. The molecule has 1 heterocycles. The fourth-order valence-electron chi connectivity index (χ4n) is 3.36. The lowest BCUT2D eigenvalue weighted by Crippen LogP contribution is -2.47. The number of piperidine rings is 1. The van der Waals surface area contributed by atoms with E-state index in [0.29, 0.717) is 17.5 Å². The topological polar surface area (TPSA) is 36.3 Å². The van der Waals surface area contributed by atoms with Crippen molar-refractivity contribution in [2.75, 3.05) is 25.1 Å². The quantitative estimate of drug-likeness (QED) is 0.855. The molecule has 3 nitrogen and oxygen atoms in total. The Morgan fingerprint density at radius 2 is 1.79 bits per heavy atom. The lowest BCUT2D eigenvalue weighted by atomic mass is 9.84. The summed E-state index contributed by atoms with van der Waals surface area (Å²) in [4.78, 5) is 2.29. The molecule has 1 fully saturated rings. The molecule has 0 aliphatic carbocycles. The summed E-state index contributed by atoms with van der Waals surface area (Å²) >= 11 is 0. The highest BCUT2D eigenvalue weighted by Gasteiger charge is 2.35. The summed E-state index contributed by atoms with van der Waals surface area (Å²) in [7, 11) is 1.72. The Kier molecular flexibility index (Phi) is 4.82. The molecule has 0 bridgehead atoms. The van der Waals surface area contributed by atoms with Gasteiger partial charge in [-0.25, -0.2) is 4.39 Å². The van der Waals surface area contributed by atoms with Gasteiger partial charge in [-0.3, -0.25) is 0 Å². The Morgan fingerprint density at radius 3 is 2.38 bits per heavy atom. The summed E-state index contributed by atoms with van der Waals surface area (Å²) in [6, 6.07) is 16.7. The van der Waals surface area contributed by atoms with E-state index in [2.05, 4.69) is 11.0 Å². The standard InChI is InChI=1S/C20H21FN2O/c1-24-20(14-17-4-2-3-5-19(17)21)10-12-23(13-11-20)18-8-6-16(15-22)7-9-18/h2-9H,10-14H2,1H3. The summed E-state index contributed by atoms with van der Waals surface area (Å²) in [5.74, 6) is -0.163. The molecule has 1 aliphatic rings. The minimum Gasteiger partial charge on any atom is -0.378 e. The number of halogens is 1. The Morgan fingerprint density at radius 1 is 1.12 bits per heavy atom. The molecule has 0 amide bonds. The second-order valence-electron chi connectivity index (χ2n) is 6.30. The molecule has 0 radical (unpaired) electrons. The highest BCUT2D eigenvalue weighted by Crippen LogP contribution is 2.32. The molecular formula is C20H21FN2O. The van der Waals surface area contributed by atoms with Crippen molar-refractivity contribution in [2.45, 2.75) is 24.9 Å². The molecular weight excluding hydrogens is 303 g/mol. The Hall–Kier alpha value is -2.38. The van der Waals surface area contributed by atoms with E-state index in [1.54, 1.807) is 13.2 Å². The van der Waals surface area contributed by atoms with Crippen LogP contribution in [0, 0.1) is 17.1 Å². The number of nitrogens with zero attached hydrogens (tertiary/aromatic N) is 2. The summed E-state index contributed by atoms with van der Waals surface area (Å²) in [5, 5.41) is 8.89. The third-order valence-corrected chi connectivity index (χ3v) is 4.94. The van der Waals surface area contributed by atoms with Crippen molar-refractivity contribution in [3.63, 3.8) is 0 Å². The number of hydrogen-bond acceptors (Lipinski definition) is 3. The normalized spacial score (nSPS) is 16.6. The molecule has 1 aliphatic heterocycles. The average Bonchev–Trinajstić information content (AvgIpc) is 2.64. The van der Waals surface area contributed by atoms with Gasteiger partial charge in [0, 0.05) is 32.3 Å². The van der Waals surface area contributed by atoms with Gasteiger partial charge in [-0.2, -0.15) is 5.26 Å². The van der Waals surface area contributed by atoms with Gasteiger partial charge in [0.2, 0.25) is 0 Å². The maximum Gasteiger partial charge on any atom is 0.126 e. The number of benzene rings is 2. The van der Waals surface area contributed by atoms with Crippen LogP contribution in [0.3, 0.4) is 0 Å². The number of hydrogen-bond donors (Lipinski definition) is 0. The van der Waals surface area contributed by atoms with Crippen LogP contribution in [0.4, 0.5) is 10.1 Å². The summed E-state index contributed by atoms with van der Waals surface area (Å²) in [6.07, 6.45) is 2.28. The minimum atomic E-state index is -0.314. The van der Waals surface area contributed by atoms with Crippen molar-refractivity contribution in [3.05, 3.63) is 65.5 Å². The molecule has 0 saturated carbocycles. The van der Waals surface area contributed by atoms with Crippen molar-refractivity contribution in [1.82, 2.24) is 0 Å². The van der Waals surface area contributed by atoms with Crippen molar-refractivity contribution in [1.29, 1.82) is 5.26 Å². The maximum atomic E-state index is 14.0. The van der Waals surface area contributed by atoms with Gasteiger partial charge in [-0.1, -0.05) is 18.2 Å². The third-order valence-electron chi connectivity index (χ3n) is 4.94. The molecule has 2 aromatic rings. The van der Waals surface area contributed by atoms with Gasteiger partial charge in [-0.05, 0) is 48.7 Å². The number of anilines is 1. The minimum absolute atomic E-state index is 0.163. The number of methoxy groups -OCH3 is 1. The van der Waals surface area contributed by atoms with Gasteiger partial charge >= 0.3 is 0 Å². The maximum absolute atomic E-state index is 14.0. The molecule has 24 heavy (non-hydrogen) atoms. The van der Waals surface area contributed by atoms with Crippen LogP contribution in [0.25, 0.3) is 0 Å². The fourth-order valence-corrected chi connectivity index (χ4v) is 3.36. The van der Waals surface area contributed by atoms with Gasteiger partial charge < -0.3 is 9.64 Å². The van der Waals surface area contributed by atoms with Crippen molar-refractivity contribution in [2.24, 2.45) is 0 Å². The molecule has 0 atom stereocenters. The largest absolute Gasteiger partial charge is 0.378 e. The van der Waals surface area contributed by atoms with Crippen molar-refractivity contribution < 1.29 is 9.13 Å². The fraction of sp³-hybridized carbons (Fsp3) is 0.350. The second kappa shape index (κ2) is 7.02. The van der Waals surface area contributed by atoms with Crippen LogP contribution in [0.5, 0.6) is 0 Å². The van der Waals surface area contributed by atoms with Crippen LogP contribution < -0.4 is 4.90 Å². The molecule has 1 saturated heterocycles. The van der Waals surface area contributed by atoms with Gasteiger partial charge in [0.15, 0.2) is 0 Å². The smallest absolute Gasteiger partial charge is 0.126 e. The van der Waals surface area contributed by atoms with Crippen LogP contribution in [-0.2, 0) is 11.2 Å². The summed E-state index contributed by atoms with van der Waals surface area (Å²) in [6.45, 7) is 1.71. The SMILES string of the molecule is COC1(Cc2ccccc2F)CCN(c2ccc(C#N)cc2)CC1. The summed E-state index contributed by atoms with van der Waals surface area (Å²) < 4.78 is 19.8. The first-order valence-electron chi connectivity index (χ1n) is 8.19. The van der Waals surface area contributed by atoms with Gasteiger partial charge in [0.1, 0.15) is 5.82 Å². The first-order valence-corrected chi connectivity index (χ1v) is 8.19. The van der Waals surface area contributed by atoms with E-state index in [1.807, 2.05) is 36.4 Å². The van der Waals surface area contributed by atoms with E-state index in [4.69, 9.17) is 10.00 Å². The predicted octanol–water partition coefficient (Wildman–Crippen LogP) is 3.93. The van der Waals surface area contributed by atoms with Gasteiger partial charge in [0.05, 0.1) is 17.2 Å². The molecule has 4 heteroatoms. The van der Waals surface area contributed by atoms with E-state index in [-0.39, 0.29) is 11.4 Å². The first-order chi connectivity index (χ1) is 11.7. The van der Waals surface area contributed by atoms with E-state index in [9.17, 15) is 4.39 Å². The van der Waals surface area contributed by atoms with Crippen LogP contribution in [0.2, 0.25) is 0 Å². The summed E-state index contributed by atoms with van der Waals surface area (Å²) in [5.41, 5.74) is 2.18. The van der Waals surface area contributed by atoms with Gasteiger partial charge in [0.25, 0.3) is 0 Å². The molecule has 0 unspecified atom stereocenters. The zero-order valence-electron chi connectivity index (χ0n) is 13.8. The van der Waals surface area contributed by atoms with Crippen molar-refractivity contribution in [3.8, 4) is 6.07 Å².